The Morgan fingerprint density at radius 3 is 2.46 bits per heavy atom. The lowest BCUT2D eigenvalue weighted by atomic mass is 10.0. The molecule has 6 nitrogen and oxygen atoms in total. The maximum Gasteiger partial charge on any atom is 0.226 e. The van der Waals surface area contributed by atoms with Crippen molar-refractivity contribution >= 4 is 15.9 Å². The molecule has 3 heterocycles. The smallest absolute Gasteiger partial charge is 0.226 e. The number of nitrogens with zero attached hydrogens (tertiary/aromatic N) is 3. The molecule has 2 aliphatic heterocycles. The summed E-state index contributed by atoms with van der Waals surface area (Å²) in [4.78, 5) is 18.5. The summed E-state index contributed by atoms with van der Waals surface area (Å²) >= 11 is 0. The van der Waals surface area contributed by atoms with Crippen LogP contribution in [0.5, 0.6) is 0 Å². The molecule has 28 heavy (non-hydrogen) atoms. The number of aromatic nitrogens is 1. The van der Waals surface area contributed by atoms with E-state index < -0.39 is 10.0 Å². The van der Waals surface area contributed by atoms with Gasteiger partial charge in [0.2, 0.25) is 15.9 Å². The van der Waals surface area contributed by atoms with Crippen molar-refractivity contribution in [1.82, 2.24) is 14.2 Å². The Labute approximate surface area is 166 Å². The average molecular weight is 400 g/mol. The molecule has 2 saturated heterocycles. The van der Waals surface area contributed by atoms with Gasteiger partial charge in [0.1, 0.15) is 0 Å². The van der Waals surface area contributed by atoms with Crippen LogP contribution in [0, 0.1) is 5.92 Å². The molecule has 0 bridgehead atoms. The van der Waals surface area contributed by atoms with Crippen LogP contribution in [0.2, 0.25) is 0 Å². The van der Waals surface area contributed by atoms with Gasteiger partial charge in [-0.3, -0.25) is 9.78 Å². The lowest BCUT2D eigenvalue weighted by Gasteiger charge is -2.22. The van der Waals surface area contributed by atoms with E-state index in [2.05, 4.69) is 4.98 Å². The van der Waals surface area contributed by atoms with Crippen molar-refractivity contribution in [3.63, 3.8) is 0 Å². The summed E-state index contributed by atoms with van der Waals surface area (Å²) in [6.07, 6.45) is 4.99. The number of benzene rings is 1. The molecule has 1 amide bonds. The summed E-state index contributed by atoms with van der Waals surface area (Å²) in [5.74, 6) is 0.165. The molecule has 0 N–H and O–H groups in total. The van der Waals surface area contributed by atoms with Crippen molar-refractivity contribution in [1.29, 1.82) is 0 Å². The minimum Gasteiger partial charge on any atom is -0.342 e. The van der Waals surface area contributed by atoms with Crippen LogP contribution in [0.15, 0.2) is 54.9 Å². The van der Waals surface area contributed by atoms with Crippen molar-refractivity contribution in [3.05, 3.63) is 66.0 Å². The summed E-state index contributed by atoms with van der Waals surface area (Å²) in [6.45, 7) is 2.07. The van der Waals surface area contributed by atoms with Crippen molar-refractivity contribution in [3.8, 4) is 0 Å². The molecule has 0 aliphatic carbocycles. The van der Waals surface area contributed by atoms with E-state index >= 15 is 0 Å². The maximum atomic E-state index is 13.1. The minimum atomic E-state index is -3.34. The predicted molar refractivity (Wildman–Crippen MR) is 107 cm³/mol. The number of amides is 1. The second-order valence-corrected chi connectivity index (χ2v) is 9.76. The number of likely N-dealkylation sites (tertiary alicyclic amines) is 1. The molecular weight excluding hydrogens is 374 g/mol. The highest BCUT2D eigenvalue weighted by Gasteiger charge is 2.47. The van der Waals surface area contributed by atoms with Gasteiger partial charge in [-0.25, -0.2) is 8.42 Å². The molecule has 2 atom stereocenters. The van der Waals surface area contributed by atoms with Gasteiger partial charge >= 0.3 is 0 Å². The van der Waals surface area contributed by atoms with Crippen LogP contribution >= 0.6 is 0 Å². The Morgan fingerprint density at radius 1 is 1.00 bits per heavy atom. The zero-order valence-corrected chi connectivity index (χ0v) is 16.6. The lowest BCUT2D eigenvalue weighted by Crippen LogP contribution is -2.35. The number of pyridine rings is 1. The van der Waals surface area contributed by atoms with Gasteiger partial charge in [-0.15, -0.1) is 0 Å². The molecular formula is C21H25N3O3S. The van der Waals surface area contributed by atoms with Crippen LogP contribution in [0.3, 0.4) is 0 Å². The van der Waals surface area contributed by atoms with Crippen molar-refractivity contribution in [2.45, 2.75) is 31.1 Å². The molecule has 0 saturated carbocycles. The first-order valence-corrected chi connectivity index (χ1v) is 11.2. The Bertz CT molecular complexity index is 918. The van der Waals surface area contributed by atoms with Gasteiger partial charge in [-0.05, 0) is 42.0 Å². The maximum absolute atomic E-state index is 13.1. The zero-order chi connectivity index (χ0) is 19.6. The fourth-order valence-corrected chi connectivity index (χ4v) is 6.50. The Hall–Kier alpha value is -2.25. The van der Waals surface area contributed by atoms with Gasteiger partial charge in [0.15, 0.2) is 0 Å². The SMILES string of the molecule is O=C(Cc1ccccc1)N1CC[C@@H]2CN(Cc3ccncc3)S(=O)(=O)[C@@H]2CC1. The fourth-order valence-electron chi connectivity index (χ4n) is 4.27. The van der Waals surface area contributed by atoms with Crippen molar-refractivity contribution < 1.29 is 13.2 Å². The number of hydrogen-bond donors (Lipinski definition) is 0. The third kappa shape index (κ3) is 3.95. The van der Waals surface area contributed by atoms with Gasteiger partial charge in [0, 0.05) is 38.6 Å². The molecule has 7 heteroatoms. The molecule has 2 aliphatic rings. The molecule has 2 aromatic rings. The zero-order valence-electron chi connectivity index (χ0n) is 15.8. The molecule has 0 unspecified atom stereocenters. The first-order chi connectivity index (χ1) is 13.5. The standard InChI is InChI=1S/C21H25N3O3S/c25-21(14-17-4-2-1-3-5-17)23-12-8-19-16-24(15-18-6-10-22-11-7-18)28(26,27)20(19)9-13-23/h1-7,10-11,19-20H,8-9,12-16H2/t19-,20-/m1/s1. The first-order valence-electron chi connectivity index (χ1n) is 9.73. The van der Waals surface area contributed by atoms with Crippen LogP contribution in [0.1, 0.15) is 24.0 Å². The Balaban J connectivity index is 1.41. The number of hydrogen-bond acceptors (Lipinski definition) is 4. The minimum absolute atomic E-state index is 0.0808. The monoisotopic (exact) mass is 399 g/mol. The second kappa shape index (κ2) is 8.01. The molecule has 4 rings (SSSR count). The van der Waals surface area contributed by atoms with E-state index in [1.54, 1.807) is 16.7 Å². The summed E-state index contributed by atoms with van der Waals surface area (Å²) in [5.41, 5.74) is 1.95. The molecule has 148 valence electrons. The largest absolute Gasteiger partial charge is 0.342 e. The van der Waals surface area contributed by atoms with Crippen LogP contribution in [-0.2, 0) is 27.8 Å². The first kappa shape index (κ1) is 19.1. The predicted octanol–water partition coefficient (Wildman–Crippen LogP) is 2.08. The summed E-state index contributed by atoms with van der Waals surface area (Å²) in [7, 11) is -3.34. The number of rotatable bonds is 4. The van der Waals surface area contributed by atoms with E-state index in [1.807, 2.05) is 47.4 Å². The number of fused-ring (bicyclic) bond motifs is 1. The van der Waals surface area contributed by atoms with Crippen molar-refractivity contribution in [2.75, 3.05) is 19.6 Å². The normalized spacial score (nSPS) is 24.5. The summed E-state index contributed by atoms with van der Waals surface area (Å²) in [5, 5.41) is -0.385. The van der Waals surface area contributed by atoms with Crippen molar-refractivity contribution in [2.24, 2.45) is 5.92 Å². The Morgan fingerprint density at radius 2 is 1.71 bits per heavy atom. The van der Waals surface area contributed by atoms with Crippen LogP contribution in [-0.4, -0.2) is 53.4 Å². The number of sulfonamides is 1. The third-order valence-corrected chi connectivity index (χ3v) is 8.20. The van der Waals surface area contributed by atoms with E-state index in [1.165, 1.54) is 0 Å². The van der Waals surface area contributed by atoms with Gasteiger partial charge in [0.25, 0.3) is 0 Å². The number of carbonyl (C=O) groups is 1. The third-order valence-electron chi connectivity index (χ3n) is 5.82. The van der Waals surface area contributed by atoms with E-state index in [4.69, 9.17) is 0 Å². The lowest BCUT2D eigenvalue weighted by molar-refractivity contribution is -0.130. The Kier molecular flexibility index (Phi) is 5.46. The molecule has 0 spiro atoms. The van der Waals surface area contributed by atoms with Crippen LogP contribution in [0.4, 0.5) is 0 Å². The fraction of sp³-hybridized carbons (Fsp3) is 0.429. The number of carbonyl (C=O) groups excluding carboxylic acids is 1. The molecule has 2 fully saturated rings. The highest BCUT2D eigenvalue weighted by molar-refractivity contribution is 7.90. The summed E-state index contributed by atoms with van der Waals surface area (Å²) in [6, 6.07) is 13.4. The van der Waals surface area contributed by atoms with Gasteiger partial charge in [0.05, 0.1) is 11.7 Å². The van der Waals surface area contributed by atoms with E-state index in [9.17, 15) is 13.2 Å². The quantitative estimate of drug-likeness (QED) is 0.789. The van der Waals surface area contributed by atoms with E-state index in [-0.39, 0.29) is 17.1 Å². The van der Waals surface area contributed by atoms with Gasteiger partial charge in [-0.1, -0.05) is 30.3 Å². The van der Waals surface area contributed by atoms with Crippen LogP contribution in [0.25, 0.3) is 0 Å². The molecule has 0 radical (unpaired) electrons. The topological polar surface area (TPSA) is 70.6 Å². The highest BCUT2D eigenvalue weighted by Crippen LogP contribution is 2.35. The van der Waals surface area contributed by atoms with E-state index in [0.717, 1.165) is 17.5 Å². The molecule has 1 aromatic heterocycles. The molecule has 1 aromatic carbocycles. The van der Waals surface area contributed by atoms with Gasteiger partial charge in [-0.2, -0.15) is 4.31 Å². The van der Waals surface area contributed by atoms with Gasteiger partial charge < -0.3 is 4.90 Å². The van der Waals surface area contributed by atoms with E-state index in [0.29, 0.717) is 39.0 Å². The summed E-state index contributed by atoms with van der Waals surface area (Å²) < 4.78 is 27.7. The highest BCUT2D eigenvalue weighted by atomic mass is 32.2. The average Bonchev–Trinajstić information content (AvgIpc) is 2.84. The van der Waals surface area contributed by atoms with Crippen LogP contribution < -0.4 is 0 Å². The second-order valence-electron chi connectivity index (χ2n) is 7.61.